The van der Waals surface area contributed by atoms with Gasteiger partial charge in [0.1, 0.15) is 16.8 Å². The van der Waals surface area contributed by atoms with Gasteiger partial charge in [-0.2, -0.15) is 4.31 Å². The van der Waals surface area contributed by atoms with E-state index >= 15 is 0 Å². The number of carboxylic acids is 1. The molecule has 0 saturated carbocycles. The van der Waals surface area contributed by atoms with Gasteiger partial charge in [-0.05, 0) is 25.0 Å². The van der Waals surface area contributed by atoms with Crippen molar-refractivity contribution >= 4 is 38.4 Å². The number of aliphatic carboxylic acids is 1. The molecule has 0 aliphatic carbocycles. The normalized spacial score (nSPS) is 17.7. The standard InChI is InChI=1S/C16H16FN3O5S2/c17-11-4-1-2-6-13(11)27(24,25)20-7-3-5-12(20)15(23)19-16-18-10(9-26-16)8-14(21)22/h1-2,4,6,9,12H,3,5,7-8H2,(H,21,22)(H,18,19,23). The van der Waals surface area contributed by atoms with E-state index in [1.807, 2.05) is 0 Å². The number of anilines is 1. The minimum atomic E-state index is -4.16. The highest BCUT2D eigenvalue weighted by Gasteiger charge is 2.40. The third-order valence-corrected chi connectivity index (χ3v) is 6.79. The monoisotopic (exact) mass is 413 g/mol. The molecular weight excluding hydrogens is 397 g/mol. The van der Waals surface area contributed by atoms with Gasteiger partial charge in [0.25, 0.3) is 0 Å². The molecule has 11 heteroatoms. The topological polar surface area (TPSA) is 117 Å². The van der Waals surface area contributed by atoms with Crippen molar-refractivity contribution in [2.45, 2.75) is 30.2 Å². The number of benzene rings is 1. The Morgan fingerprint density at radius 1 is 1.37 bits per heavy atom. The number of carboxylic acid groups (broad SMARTS) is 1. The van der Waals surface area contributed by atoms with Gasteiger partial charge in [0.05, 0.1) is 12.1 Å². The number of nitrogens with one attached hydrogen (secondary N) is 1. The molecule has 2 N–H and O–H groups in total. The van der Waals surface area contributed by atoms with Crippen molar-refractivity contribution in [3.63, 3.8) is 0 Å². The quantitative estimate of drug-likeness (QED) is 0.745. The summed E-state index contributed by atoms with van der Waals surface area (Å²) in [4.78, 5) is 26.8. The molecule has 0 bridgehead atoms. The van der Waals surface area contributed by atoms with Gasteiger partial charge in [-0.15, -0.1) is 11.3 Å². The van der Waals surface area contributed by atoms with Crippen LogP contribution in [0.5, 0.6) is 0 Å². The van der Waals surface area contributed by atoms with E-state index < -0.39 is 38.7 Å². The maximum atomic E-state index is 14.0. The minimum Gasteiger partial charge on any atom is -0.481 e. The number of halogens is 1. The Labute approximate surface area is 158 Å². The molecule has 2 heterocycles. The molecule has 0 spiro atoms. The van der Waals surface area contributed by atoms with Crippen LogP contribution in [0, 0.1) is 5.82 Å². The highest BCUT2D eigenvalue weighted by Crippen LogP contribution is 2.28. The van der Waals surface area contributed by atoms with Crippen molar-refractivity contribution in [1.29, 1.82) is 0 Å². The van der Waals surface area contributed by atoms with Crippen LogP contribution in [0.25, 0.3) is 0 Å². The average molecular weight is 413 g/mol. The molecule has 1 unspecified atom stereocenters. The van der Waals surface area contributed by atoms with Gasteiger partial charge in [0, 0.05) is 11.9 Å². The second-order valence-corrected chi connectivity index (χ2v) is 8.63. The van der Waals surface area contributed by atoms with E-state index in [0.29, 0.717) is 18.5 Å². The fraction of sp³-hybridized carbons (Fsp3) is 0.312. The van der Waals surface area contributed by atoms with Crippen LogP contribution in [0.1, 0.15) is 18.5 Å². The molecule has 1 atom stereocenters. The second-order valence-electron chi connectivity index (χ2n) is 5.91. The first-order valence-electron chi connectivity index (χ1n) is 8.02. The van der Waals surface area contributed by atoms with Gasteiger partial charge in [0.15, 0.2) is 5.13 Å². The summed E-state index contributed by atoms with van der Waals surface area (Å²) in [6.07, 6.45) is 0.490. The average Bonchev–Trinajstić information content (AvgIpc) is 3.24. The lowest BCUT2D eigenvalue weighted by atomic mass is 10.2. The smallest absolute Gasteiger partial charge is 0.309 e. The lowest BCUT2D eigenvalue weighted by Gasteiger charge is -2.23. The van der Waals surface area contributed by atoms with Crippen LogP contribution in [-0.4, -0.2) is 47.3 Å². The Balaban J connectivity index is 1.78. The van der Waals surface area contributed by atoms with E-state index in [4.69, 9.17) is 5.11 Å². The first-order valence-corrected chi connectivity index (χ1v) is 10.3. The Bertz CT molecular complexity index is 976. The summed E-state index contributed by atoms with van der Waals surface area (Å²) in [6.45, 7) is 0.108. The first kappa shape index (κ1) is 19.4. The SMILES string of the molecule is O=C(O)Cc1csc(NC(=O)C2CCCN2S(=O)(=O)c2ccccc2F)n1. The molecule has 2 aromatic rings. The van der Waals surface area contributed by atoms with Crippen molar-refractivity contribution in [2.75, 3.05) is 11.9 Å². The van der Waals surface area contributed by atoms with Gasteiger partial charge >= 0.3 is 5.97 Å². The molecule has 1 aromatic heterocycles. The second kappa shape index (κ2) is 7.71. The predicted molar refractivity (Wildman–Crippen MR) is 95.4 cm³/mol. The number of carbonyl (C=O) groups excluding carboxylic acids is 1. The molecule has 1 amide bonds. The lowest BCUT2D eigenvalue weighted by molar-refractivity contribution is -0.136. The Kier molecular flexibility index (Phi) is 5.53. The third kappa shape index (κ3) is 4.15. The molecule has 8 nitrogen and oxygen atoms in total. The fourth-order valence-corrected chi connectivity index (χ4v) is 5.30. The van der Waals surface area contributed by atoms with Gasteiger partial charge < -0.3 is 10.4 Å². The molecule has 1 aliphatic rings. The number of carbonyl (C=O) groups is 2. The molecule has 1 saturated heterocycles. The van der Waals surface area contributed by atoms with E-state index in [2.05, 4.69) is 10.3 Å². The first-order chi connectivity index (χ1) is 12.8. The van der Waals surface area contributed by atoms with Gasteiger partial charge in [-0.25, -0.2) is 17.8 Å². The number of hydrogen-bond donors (Lipinski definition) is 2. The largest absolute Gasteiger partial charge is 0.481 e. The molecule has 1 fully saturated rings. The zero-order chi connectivity index (χ0) is 19.6. The van der Waals surface area contributed by atoms with E-state index in [-0.39, 0.29) is 18.1 Å². The van der Waals surface area contributed by atoms with Crippen molar-refractivity contribution in [3.8, 4) is 0 Å². The number of aromatic nitrogens is 1. The van der Waals surface area contributed by atoms with E-state index in [1.54, 1.807) is 0 Å². The van der Waals surface area contributed by atoms with Gasteiger partial charge in [-0.3, -0.25) is 9.59 Å². The zero-order valence-electron chi connectivity index (χ0n) is 14.0. The molecule has 144 valence electrons. The summed E-state index contributed by atoms with van der Waals surface area (Å²) in [5, 5.41) is 13.0. The lowest BCUT2D eigenvalue weighted by Crippen LogP contribution is -2.43. The van der Waals surface area contributed by atoms with Crippen molar-refractivity contribution in [2.24, 2.45) is 0 Å². The van der Waals surface area contributed by atoms with E-state index in [0.717, 1.165) is 27.8 Å². The number of thiazole rings is 1. The van der Waals surface area contributed by atoms with E-state index in [1.165, 1.54) is 17.5 Å². The van der Waals surface area contributed by atoms with Crippen LogP contribution < -0.4 is 5.32 Å². The van der Waals surface area contributed by atoms with Crippen LogP contribution in [0.4, 0.5) is 9.52 Å². The molecule has 1 aliphatic heterocycles. The molecule has 27 heavy (non-hydrogen) atoms. The Hall–Kier alpha value is -2.37. The van der Waals surface area contributed by atoms with Crippen LogP contribution >= 0.6 is 11.3 Å². The maximum absolute atomic E-state index is 14.0. The van der Waals surface area contributed by atoms with Gasteiger partial charge in [0.2, 0.25) is 15.9 Å². The summed E-state index contributed by atoms with van der Waals surface area (Å²) >= 11 is 1.05. The molecule has 3 rings (SSSR count). The fourth-order valence-electron chi connectivity index (χ4n) is 2.86. The molecule has 1 aromatic carbocycles. The number of sulfonamides is 1. The van der Waals surface area contributed by atoms with Crippen molar-refractivity contribution < 1.29 is 27.5 Å². The maximum Gasteiger partial charge on any atom is 0.309 e. The number of amides is 1. The van der Waals surface area contributed by atoms with Crippen LogP contribution in [0.15, 0.2) is 34.5 Å². The third-order valence-electron chi connectivity index (χ3n) is 4.04. The van der Waals surface area contributed by atoms with Crippen LogP contribution in [-0.2, 0) is 26.0 Å². The summed E-state index contributed by atoms with van der Waals surface area (Å²) in [7, 11) is -4.16. The number of nitrogens with zero attached hydrogens (tertiary/aromatic N) is 2. The summed E-state index contributed by atoms with van der Waals surface area (Å²) < 4.78 is 40.5. The summed E-state index contributed by atoms with van der Waals surface area (Å²) in [6, 6.07) is 4.04. The van der Waals surface area contributed by atoms with Crippen LogP contribution in [0.3, 0.4) is 0 Å². The van der Waals surface area contributed by atoms with Gasteiger partial charge in [-0.1, -0.05) is 12.1 Å². The highest BCUT2D eigenvalue weighted by atomic mass is 32.2. The van der Waals surface area contributed by atoms with Crippen LogP contribution in [0.2, 0.25) is 0 Å². The highest BCUT2D eigenvalue weighted by molar-refractivity contribution is 7.89. The van der Waals surface area contributed by atoms with Crippen molar-refractivity contribution in [1.82, 2.24) is 9.29 Å². The molecule has 0 radical (unpaired) electrons. The summed E-state index contributed by atoms with van der Waals surface area (Å²) in [5.41, 5.74) is 0.296. The predicted octanol–water partition coefficient (Wildman–Crippen LogP) is 1.70. The summed E-state index contributed by atoms with van der Waals surface area (Å²) in [5.74, 6) is -2.50. The number of rotatable bonds is 6. The van der Waals surface area contributed by atoms with Crippen molar-refractivity contribution in [3.05, 3.63) is 41.2 Å². The number of hydrogen-bond acceptors (Lipinski definition) is 6. The Morgan fingerprint density at radius 2 is 2.11 bits per heavy atom. The minimum absolute atomic E-state index is 0.108. The Morgan fingerprint density at radius 3 is 2.81 bits per heavy atom. The molecular formula is C16H16FN3O5S2. The van der Waals surface area contributed by atoms with E-state index in [9.17, 15) is 22.4 Å². The zero-order valence-corrected chi connectivity index (χ0v) is 15.6.